The van der Waals surface area contributed by atoms with E-state index in [1.807, 2.05) is 29.8 Å². The topological polar surface area (TPSA) is 131 Å². The van der Waals surface area contributed by atoms with Gasteiger partial charge in [0.05, 0.1) is 42.1 Å². The molecule has 1 N–H and O–H groups in total. The molecule has 0 fully saturated rings. The Kier molecular flexibility index (Phi) is 6.92. The second kappa shape index (κ2) is 10.1. The Hall–Kier alpha value is -4.74. The van der Waals surface area contributed by atoms with Gasteiger partial charge in [0.15, 0.2) is 0 Å². The van der Waals surface area contributed by atoms with Crippen LogP contribution in [-0.4, -0.2) is 45.8 Å². The number of aryl methyl sites for hydroxylation is 1. The molecule has 0 aliphatic carbocycles. The SMILES string of the molecule is COc1cc(F)c([N+](=O)[O-])cc1Nc1ncc(C(=O)OC(C)C)c(-c2cn(C)c3c(OC)cccc23)n1. The number of anilines is 2. The van der Waals surface area contributed by atoms with Gasteiger partial charge in [0.25, 0.3) is 0 Å². The number of para-hydroxylation sites is 1. The van der Waals surface area contributed by atoms with Crippen LogP contribution in [0.1, 0.15) is 24.2 Å². The van der Waals surface area contributed by atoms with Gasteiger partial charge in [-0.2, -0.15) is 4.39 Å². The van der Waals surface area contributed by atoms with E-state index in [9.17, 15) is 19.3 Å². The van der Waals surface area contributed by atoms with Crippen LogP contribution >= 0.6 is 0 Å². The Morgan fingerprint density at radius 3 is 2.57 bits per heavy atom. The smallest absolute Gasteiger partial charge is 0.342 e. The van der Waals surface area contributed by atoms with E-state index in [2.05, 4.69) is 15.3 Å². The zero-order valence-electron chi connectivity index (χ0n) is 20.7. The Bertz CT molecular complexity index is 1520. The lowest BCUT2D eigenvalue weighted by Gasteiger charge is -2.14. The lowest BCUT2D eigenvalue weighted by molar-refractivity contribution is -0.387. The Morgan fingerprint density at radius 1 is 1.19 bits per heavy atom. The number of fused-ring (bicyclic) bond motifs is 1. The maximum Gasteiger partial charge on any atom is 0.342 e. The number of aromatic nitrogens is 3. The summed E-state index contributed by atoms with van der Waals surface area (Å²) in [6.45, 7) is 3.45. The predicted molar refractivity (Wildman–Crippen MR) is 134 cm³/mol. The molecule has 0 saturated carbocycles. The first-order chi connectivity index (χ1) is 17.6. The van der Waals surface area contributed by atoms with Gasteiger partial charge in [0, 0.05) is 42.5 Å². The molecule has 4 rings (SSSR count). The molecule has 0 radical (unpaired) electrons. The van der Waals surface area contributed by atoms with Crippen LogP contribution in [-0.2, 0) is 11.8 Å². The first-order valence-electron chi connectivity index (χ1n) is 11.1. The number of nitro benzene ring substituents is 1. The molecule has 0 bridgehead atoms. The number of benzene rings is 2. The summed E-state index contributed by atoms with van der Waals surface area (Å²) >= 11 is 0. The van der Waals surface area contributed by atoms with Crippen molar-refractivity contribution < 1.29 is 28.3 Å². The van der Waals surface area contributed by atoms with Crippen LogP contribution in [0.2, 0.25) is 0 Å². The molecule has 192 valence electrons. The summed E-state index contributed by atoms with van der Waals surface area (Å²) in [6, 6.07) is 7.39. The largest absolute Gasteiger partial charge is 0.495 e. The van der Waals surface area contributed by atoms with E-state index in [0.717, 1.165) is 23.0 Å². The molecule has 0 atom stereocenters. The van der Waals surface area contributed by atoms with Gasteiger partial charge >= 0.3 is 11.7 Å². The van der Waals surface area contributed by atoms with Crippen molar-refractivity contribution in [2.45, 2.75) is 20.0 Å². The van der Waals surface area contributed by atoms with E-state index in [0.29, 0.717) is 11.3 Å². The fourth-order valence-corrected chi connectivity index (χ4v) is 3.93. The van der Waals surface area contributed by atoms with Gasteiger partial charge in [-0.1, -0.05) is 12.1 Å². The summed E-state index contributed by atoms with van der Waals surface area (Å²) in [6.07, 6.45) is 2.72. The highest BCUT2D eigenvalue weighted by Gasteiger charge is 2.24. The van der Waals surface area contributed by atoms with Crippen LogP contribution in [0.3, 0.4) is 0 Å². The first-order valence-corrected chi connectivity index (χ1v) is 11.1. The fraction of sp³-hybridized carbons (Fsp3) is 0.240. The summed E-state index contributed by atoms with van der Waals surface area (Å²) in [4.78, 5) is 32.1. The fourth-order valence-electron chi connectivity index (χ4n) is 3.93. The zero-order chi connectivity index (χ0) is 26.9. The summed E-state index contributed by atoms with van der Waals surface area (Å²) in [7, 11) is 4.70. The number of methoxy groups -OCH3 is 2. The highest BCUT2D eigenvalue weighted by Crippen LogP contribution is 2.37. The Labute approximate surface area is 211 Å². The number of nitrogens with zero attached hydrogens (tertiary/aromatic N) is 4. The molecular weight excluding hydrogens is 485 g/mol. The normalized spacial score (nSPS) is 11.0. The average Bonchev–Trinajstić information content (AvgIpc) is 3.20. The van der Waals surface area contributed by atoms with Crippen molar-refractivity contribution in [3.63, 3.8) is 0 Å². The Morgan fingerprint density at radius 2 is 1.92 bits per heavy atom. The van der Waals surface area contributed by atoms with Crippen LogP contribution in [0.5, 0.6) is 11.5 Å². The molecular formula is C25H24FN5O6. The minimum Gasteiger partial charge on any atom is -0.495 e. The van der Waals surface area contributed by atoms with E-state index >= 15 is 0 Å². The van der Waals surface area contributed by atoms with Crippen molar-refractivity contribution in [3.05, 3.63) is 64.2 Å². The van der Waals surface area contributed by atoms with Crippen LogP contribution in [0, 0.1) is 15.9 Å². The van der Waals surface area contributed by atoms with Gasteiger partial charge < -0.3 is 24.1 Å². The molecule has 0 amide bonds. The van der Waals surface area contributed by atoms with E-state index < -0.39 is 22.4 Å². The molecule has 2 heterocycles. The third kappa shape index (κ3) is 4.85. The van der Waals surface area contributed by atoms with Crippen molar-refractivity contribution in [2.24, 2.45) is 7.05 Å². The molecule has 37 heavy (non-hydrogen) atoms. The number of carbonyl (C=O) groups is 1. The molecule has 0 spiro atoms. The summed E-state index contributed by atoms with van der Waals surface area (Å²) in [5.41, 5.74) is 1.09. The molecule has 4 aromatic rings. The van der Waals surface area contributed by atoms with Gasteiger partial charge in [-0.25, -0.2) is 14.8 Å². The number of carbonyl (C=O) groups excluding carboxylic acids is 1. The second-order valence-electron chi connectivity index (χ2n) is 8.31. The quantitative estimate of drug-likeness (QED) is 0.198. The van der Waals surface area contributed by atoms with Crippen molar-refractivity contribution in [1.82, 2.24) is 14.5 Å². The summed E-state index contributed by atoms with van der Waals surface area (Å²) < 4.78 is 32.0. The van der Waals surface area contributed by atoms with Gasteiger partial charge in [-0.05, 0) is 19.9 Å². The molecule has 0 aliphatic heterocycles. The summed E-state index contributed by atoms with van der Waals surface area (Å²) in [5, 5.41) is 14.9. The molecule has 0 aliphatic rings. The van der Waals surface area contributed by atoms with Crippen molar-refractivity contribution in [3.8, 4) is 22.8 Å². The van der Waals surface area contributed by atoms with Crippen molar-refractivity contribution in [2.75, 3.05) is 19.5 Å². The van der Waals surface area contributed by atoms with Gasteiger partial charge in [0.2, 0.25) is 11.8 Å². The molecule has 11 nitrogen and oxygen atoms in total. The molecule has 0 unspecified atom stereocenters. The number of halogens is 1. The van der Waals surface area contributed by atoms with Gasteiger partial charge in [0.1, 0.15) is 17.1 Å². The number of hydrogen-bond acceptors (Lipinski definition) is 9. The van der Waals surface area contributed by atoms with E-state index in [4.69, 9.17) is 14.2 Å². The minimum absolute atomic E-state index is 0.00444. The first kappa shape index (κ1) is 25.4. The van der Waals surface area contributed by atoms with E-state index in [-0.39, 0.29) is 34.7 Å². The number of hydrogen-bond donors (Lipinski definition) is 1. The van der Waals surface area contributed by atoms with Gasteiger partial charge in [-0.15, -0.1) is 0 Å². The maximum absolute atomic E-state index is 14.1. The highest BCUT2D eigenvalue weighted by atomic mass is 19.1. The third-order valence-electron chi connectivity index (χ3n) is 5.50. The standard InChI is InChI=1S/C25H24FN5O6/c1-13(2)37-24(32)15-11-27-25(28-18-10-19(31(33)34)17(26)9-21(18)36-5)29-22(15)16-12-30(3)23-14(16)7-6-8-20(23)35-4/h6-13H,1-5H3,(H,27,28,29). The van der Waals surface area contributed by atoms with Crippen LogP contribution in [0.25, 0.3) is 22.2 Å². The van der Waals surface area contributed by atoms with Crippen LogP contribution in [0.15, 0.2) is 42.7 Å². The number of rotatable bonds is 8. The van der Waals surface area contributed by atoms with E-state index in [1.54, 1.807) is 27.2 Å². The molecule has 2 aromatic heterocycles. The maximum atomic E-state index is 14.1. The average molecular weight is 509 g/mol. The number of ether oxygens (including phenoxy) is 3. The van der Waals surface area contributed by atoms with Crippen LogP contribution in [0.4, 0.5) is 21.7 Å². The van der Waals surface area contributed by atoms with Gasteiger partial charge in [-0.3, -0.25) is 10.1 Å². The highest BCUT2D eigenvalue weighted by molar-refractivity contribution is 6.04. The zero-order valence-corrected chi connectivity index (χ0v) is 20.7. The number of nitro groups is 1. The molecule has 0 saturated heterocycles. The van der Waals surface area contributed by atoms with Crippen molar-refractivity contribution in [1.29, 1.82) is 0 Å². The number of esters is 1. The van der Waals surface area contributed by atoms with E-state index in [1.165, 1.54) is 13.3 Å². The molecule has 2 aromatic carbocycles. The van der Waals surface area contributed by atoms with Crippen molar-refractivity contribution >= 4 is 34.2 Å². The number of nitrogens with one attached hydrogen (secondary N) is 1. The minimum atomic E-state index is -1.05. The Balaban J connectivity index is 1.90. The molecule has 12 heteroatoms. The third-order valence-corrected chi connectivity index (χ3v) is 5.50. The summed E-state index contributed by atoms with van der Waals surface area (Å²) in [5.74, 6) is -1.04. The lowest BCUT2D eigenvalue weighted by atomic mass is 10.1. The second-order valence-corrected chi connectivity index (χ2v) is 8.31. The monoisotopic (exact) mass is 509 g/mol. The lowest BCUT2D eigenvalue weighted by Crippen LogP contribution is -2.14. The van der Waals surface area contributed by atoms with Crippen LogP contribution < -0.4 is 14.8 Å². The predicted octanol–water partition coefficient (Wildman–Crippen LogP) is 5.01.